The molecule has 35 heavy (non-hydrogen) atoms. The molecule has 2 aromatic carbocycles. The zero-order valence-electron chi connectivity index (χ0n) is 19.7. The van der Waals surface area contributed by atoms with Gasteiger partial charge in [0.25, 0.3) is 5.91 Å². The number of piperidine rings is 1. The van der Waals surface area contributed by atoms with Crippen LogP contribution in [-0.2, 0) is 29.1 Å². The quantitative estimate of drug-likeness (QED) is 0.629. The van der Waals surface area contributed by atoms with Gasteiger partial charge < -0.3 is 19.5 Å². The molecule has 2 amide bonds. The lowest BCUT2D eigenvalue weighted by atomic mass is 9.95. The molecule has 3 heterocycles. The number of carbonyl (C=O) groups is 2. The first-order valence-corrected chi connectivity index (χ1v) is 12.6. The first-order valence-electron chi connectivity index (χ1n) is 12.6. The molecule has 6 rings (SSSR count). The SMILES string of the molecule is O=C(N[C@H]1CCc2ccccc21)C1CCN(C(=O)c2ncn3c2CO[C@H](c2ccccc2)C3)CC1. The number of aryl methyl sites for hydroxylation is 1. The van der Waals surface area contributed by atoms with Crippen molar-refractivity contribution in [1.29, 1.82) is 0 Å². The van der Waals surface area contributed by atoms with Gasteiger partial charge in [-0.25, -0.2) is 4.98 Å². The second-order valence-electron chi connectivity index (χ2n) is 9.77. The van der Waals surface area contributed by atoms with Gasteiger partial charge in [-0.2, -0.15) is 0 Å². The minimum atomic E-state index is -0.0657. The second-order valence-corrected chi connectivity index (χ2v) is 9.77. The normalized spacial score (nSPS) is 21.9. The van der Waals surface area contributed by atoms with Crippen LogP contribution in [0.4, 0.5) is 0 Å². The van der Waals surface area contributed by atoms with E-state index in [1.807, 2.05) is 33.7 Å². The molecule has 7 nitrogen and oxygen atoms in total. The van der Waals surface area contributed by atoms with Crippen molar-refractivity contribution in [2.75, 3.05) is 13.1 Å². The summed E-state index contributed by atoms with van der Waals surface area (Å²) in [5.74, 6) is -0.0136. The number of rotatable bonds is 4. The number of benzene rings is 2. The summed E-state index contributed by atoms with van der Waals surface area (Å²) in [7, 11) is 0. The highest BCUT2D eigenvalue weighted by molar-refractivity contribution is 5.93. The van der Waals surface area contributed by atoms with Gasteiger partial charge in [0.05, 0.1) is 31.2 Å². The number of fused-ring (bicyclic) bond motifs is 2. The Balaban J connectivity index is 1.05. The first kappa shape index (κ1) is 22.0. The zero-order valence-corrected chi connectivity index (χ0v) is 19.7. The second kappa shape index (κ2) is 9.30. The third kappa shape index (κ3) is 4.25. The van der Waals surface area contributed by atoms with E-state index in [4.69, 9.17) is 4.74 Å². The van der Waals surface area contributed by atoms with Crippen molar-refractivity contribution < 1.29 is 14.3 Å². The molecule has 7 heteroatoms. The van der Waals surface area contributed by atoms with Gasteiger partial charge in [0.15, 0.2) is 5.69 Å². The highest BCUT2D eigenvalue weighted by atomic mass is 16.5. The highest BCUT2D eigenvalue weighted by Crippen LogP contribution is 2.32. The lowest BCUT2D eigenvalue weighted by Gasteiger charge is -2.32. The molecule has 1 aromatic heterocycles. The average Bonchev–Trinajstić information content (AvgIpc) is 3.53. The predicted molar refractivity (Wildman–Crippen MR) is 130 cm³/mol. The zero-order chi connectivity index (χ0) is 23.8. The standard InChI is InChI=1S/C28H30N4O3/c33-27(30-23-11-10-19-6-4-5-9-22(19)23)21-12-14-31(15-13-21)28(34)26-24-17-35-25(16-32(24)18-29-26)20-7-2-1-3-8-20/h1-9,18,21,23,25H,10-17H2,(H,30,33)/t23-,25-/m0/s1. The van der Waals surface area contributed by atoms with Gasteiger partial charge in [-0.1, -0.05) is 54.6 Å². The predicted octanol–water partition coefficient (Wildman–Crippen LogP) is 3.81. The van der Waals surface area contributed by atoms with Crippen LogP contribution in [0.25, 0.3) is 0 Å². The van der Waals surface area contributed by atoms with E-state index >= 15 is 0 Å². The van der Waals surface area contributed by atoms with Crippen molar-refractivity contribution in [1.82, 2.24) is 19.8 Å². The molecular formula is C28H30N4O3. The molecule has 0 saturated carbocycles. The third-order valence-corrected chi connectivity index (χ3v) is 7.71. The van der Waals surface area contributed by atoms with Crippen LogP contribution in [-0.4, -0.2) is 39.4 Å². The van der Waals surface area contributed by atoms with Gasteiger partial charge in [-0.15, -0.1) is 0 Å². The number of nitrogens with zero attached hydrogens (tertiary/aromatic N) is 3. The molecule has 0 spiro atoms. The number of aromatic nitrogens is 2. The molecular weight excluding hydrogens is 440 g/mol. The van der Waals surface area contributed by atoms with Gasteiger partial charge in [-0.3, -0.25) is 9.59 Å². The molecule has 2 aliphatic heterocycles. The molecule has 180 valence electrons. The van der Waals surface area contributed by atoms with E-state index in [0.29, 0.717) is 44.8 Å². The first-order chi connectivity index (χ1) is 17.2. The molecule has 1 aliphatic carbocycles. The fourth-order valence-corrected chi connectivity index (χ4v) is 5.67. The number of hydrogen-bond donors (Lipinski definition) is 1. The Morgan fingerprint density at radius 3 is 2.57 bits per heavy atom. The van der Waals surface area contributed by atoms with Crippen LogP contribution in [0.2, 0.25) is 0 Å². The fourth-order valence-electron chi connectivity index (χ4n) is 5.67. The van der Waals surface area contributed by atoms with E-state index < -0.39 is 0 Å². The van der Waals surface area contributed by atoms with Crippen LogP contribution in [0.1, 0.15) is 64.3 Å². The largest absolute Gasteiger partial charge is 0.365 e. The number of amides is 2. The smallest absolute Gasteiger partial charge is 0.274 e. The highest BCUT2D eigenvalue weighted by Gasteiger charge is 2.33. The summed E-state index contributed by atoms with van der Waals surface area (Å²) >= 11 is 0. The van der Waals surface area contributed by atoms with Crippen LogP contribution in [0.15, 0.2) is 60.9 Å². The molecule has 1 fully saturated rings. The van der Waals surface area contributed by atoms with Crippen LogP contribution < -0.4 is 5.32 Å². The van der Waals surface area contributed by atoms with Crippen LogP contribution in [0.3, 0.4) is 0 Å². The molecule has 1 saturated heterocycles. The monoisotopic (exact) mass is 470 g/mol. The van der Waals surface area contributed by atoms with Gasteiger partial charge >= 0.3 is 0 Å². The van der Waals surface area contributed by atoms with E-state index in [9.17, 15) is 9.59 Å². The molecule has 0 radical (unpaired) electrons. The minimum Gasteiger partial charge on any atom is -0.365 e. The average molecular weight is 471 g/mol. The lowest BCUT2D eigenvalue weighted by Crippen LogP contribution is -2.44. The molecule has 3 aromatic rings. The maximum absolute atomic E-state index is 13.3. The van der Waals surface area contributed by atoms with Crippen LogP contribution in [0, 0.1) is 5.92 Å². The van der Waals surface area contributed by atoms with E-state index in [1.165, 1.54) is 11.1 Å². The molecule has 3 aliphatic rings. The van der Waals surface area contributed by atoms with Gasteiger partial charge in [-0.05, 0) is 42.4 Å². The summed E-state index contributed by atoms with van der Waals surface area (Å²) in [4.78, 5) is 32.5. The van der Waals surface area contributed by atoms with Crippen molar-refractivity contribution >= 4 is 11.8 Å². The molecule has 1 N–H and O–H groups in total. The van der Waals surface area contributed by atoms with Gasteiger partial charge in [0.2, 0.25) is 5.91 Å². The van der Waals surface area contributed by atoms with E-state index in [1.54, 1.807) is 6.33 Å². The number of imidazole rings is 1. The van der Waals surface area contributed by atoms with E-state index in [0.717, 1.165) is 24.1 Å². The Kier molecular flexibility index (Phi) is 5.86. The van der Waals surface area contributed by atoms with Crippen molar-refractivity contribution in [2.45, 2.75) is 51.0 Å². The van der Waals surface area contributed by atoms with Gasteiger partial charge in [0.1, 0.15) is 6.10 Å². The summed E-state index contributed by atoms with van der Waals surface area (Å²) in [6.45, 7) is 2.14. The van der Waals surface area contributed by atoms with E-state index in [-0.39, 0.29) is 29.9 Å². The summed E-state index contributed by atoms with van der Waals surface area (Å²) in [6, 6.07) is 18.6. The number of carbonyl (C=O) groups excluding carboxylic acids is 2. The molecule has 0 bridgehead atoms. The maximum Gasteiger partial charge on any atom is 0.274 e. The Hall–Kier alpha value is -3.45. The lowest BCUT2D eigenvalue weighted by molar-refractivity contribution is -0.127. The fraction of sp³-hybridized carbons (Fsp3) is 0.393. The minimum absolute atomic E-state index is 0.0399. The van der Waals surface area contributed by atoms with E-state index in [2.05, 4.69) is 40.6 Å². The number of nitrogens with one attached hydrogen (secondary N) is 1. The number of hydrogen-bond acceptors (Lipinski definition) is 4. The van der Waals surface area contributed by atoms with Crippen molar-refractivity contribution in [3.8, 4) is 0 Å². The summed E-state index contributed by atoms with van der Waals surface area (Å²) in [6.07, 6.45) is 5.03. The molecule has 2 atom stereocenters. The maximum atomic E-state index is 13.3. The van der Waals surface area contributed by atoms with Gasteiger partial charge in [0, 0.05) is 19.0 Å². The Morgan fingerprint density at radius 2 is 1.74 bits per heavy atom. The number of ether oxygens (including phenoxy) is 1. The Labute approximate surface area is 205 Å². The van der Waals surface area contributed by atoms with Crippen LogP contribution in [0.5, 0.6) is 0 Å². The summed E-state index contributed by atoms with van der Waals surface area (Å²) in [5.41, 5.74) is 5.01. The van der Waals surface area contributed by atoms with Crippen molar-refractivity contribution in [2.24, 2.45) is 5.92 Å². The Bertz CT molecular complexity index is 1230. The van der Waals surface area contributed by atoms with Crippen molar-refractivity contribution in [3.63, 3.8) is 0 Å². The summed E-state index contributed by atoms with van der Waals surface area (Å²) in [5, 5.41) is 3.26. The Morgan fingerprint density at radius 1 is 0.971 bits per heavy atom. The topological polar surface area (TPSA) is 76.5 Å². The molecule has 0 unspecified atom stereocenters. The third-order valence-electron chi connectivity index (χ3n) is 7.71. The summed E-state index contributed by atoms with van der Waals surface area (Å²) < 4.78 is 8.12. The van der Waals surface area contributed by atoms with Crippen molar-refractivity contribution in [3.05, 3.63) is 89.0 Å². The number of likely N-dealkylation sites (tertiary alicyclic amines) is 1. The van der Waals surface area contributed by atoms with Crippen LogP contribution >= 0.6 is 0 Å².